The highest BCUT2D eigenvalue weighted by Gasteiger charge is 2.26. The van der Waals surface area contributed by atoms with E-state index in [2.05, 4.69) is 40.7 Å². The first-order valence-corrected chi connectivity index (χ1v) is 5.44. The molecule has 0 unspecified atom stereocenters. The SMILES string of the molecule is CC(C)(C)CC(C)(C)Oc1cc[c]cc1. The molecule has 0 bridgehead atoms. The maximum atomic E-state index is 5.96. The Hall–Kier alpha value is -0.980. The molecule has 1 heteroatoms. The molecule has 0 fully saturated rings. The van der Waals surface area contributed by atoms with Crippen LogP contribution in [0.2, 0.25) is 0 Å². The van der Waals surface area contributed by atoms with Crippen molar-refractivity contribution in [2.24, 2.45) is 5.41 Å². The lowest BCUT2D eigenvalue weighted by Crippen LogP contribution is -2.33. The first kappa shape index (κ1) is 12.1. The molecule has 0 atom stereocenters. The number of hydrogen-bond donors (Lipinski definition) is 0. The standard InChI is InChI=1S/C14H21O/c1-13(2,3)11-14(4,5)15-12-9-7-6-8-10-12/h7-10H,11H2,1-5H3. The number of ether oxygens (including phenoxy) is 1. The van der Waals surface area contributed by atoms with Crippen LogP contribution in [0.15, 0.2) is 24.3 Å². The molecular weight excluding hydrogens is 184 g/mol. The summed E-state index contributed by atoms with van der Waals surface area (Å²) in [6.45, 7) is 11.0. The average Bonchev–Trinajstić information content (AvgIpc) is 1.99. The minimum Gasteiger partial charge on any atom is -0.488 e. The van der Waals surface area contributed by atoms with Crippen LogP contribution in [0.1, 0.15) is 41.0 Å². The van der Waals surface area contributed by atoms with E-state index in [0.29, 0.717) is 0 Å². The molecule has 1 radical (unpaired) electrons. The van der Waals surface area contributed by atoms with Gasteiger partial charge in [0.25, 0.3) is 0 Å². The van der Waals surface area contributed by atoms with E-state index < -0.39 is 0 Å². The minimum absolute atomic E-state index is 0.125. The van der Waals surface area contributed by atoms with Gasteiger partial charge in [-0.15, -0.1) is 0 Å². The minimum atomic E-state index is -0.125. The van der Waals surface area contributed by atoms with E-state index in [4.69, 9.17) is 4.74 Å². The Kier molecular flexibility index (Phi) is 3.43. The molecule has 0 aliphatic rings. The second-order valence-corrected chi connectivity index (χ2v) is 5.83. The van der Waals surface area contributed by atoms with Crippen molar-refractivity contribution in [2.75, 3.05) is 0 Å². The summed E-state index contributed by atoms with van der Waals surface area (Å²) in [5.74, 6) is 0.919. The first-order valence-electron chi connectivity index (χ1n) is 5.44. The molecule has 0 saturated heterocycles. The van der Waals surface area contributed by atoms with Crippen LogP contribution in [0.3, 0.4) is 0 Å². The summed E-state index contributed by atoms with van der Waals surface area (Å²) in [5.41, 5.74) is 0.157. The molecule has 1 nitrogen and oxygen atoms in total. The summed E-state index contributed by atoms with van der Waals surface area (Å²) < 4.78 is 5.96. The molecule has 83 valence electrons. The predicted octanol–water partition coefficient (Wildman–Crippen LogP) is 4.08. The van der Waals surface area contributed by atoms with Crippen LogP contribution in [0.5, 0.6) is 5.75 Å². The maximum Gasteiger partial charge on any atom is 0.120 e. The molecule has 0 heterocycles. The van der Waals surface area contributed by atoms with E-state index in [1.165, 1.54) is 0 Å². The molecule has 0 aromatic heterocycles. The van der Waals surface area contributed by atoms with Gasteiger partial charge in [-0.2, -0.15) is 0 Å². The van der Waals surface area contributed by atoms with E-state index in [1.54, 1.807) is 0 Å². The number of rotatable bonds is 3. The van der Waals surface area contributed by atoms with Crippen molar-refractivity contribution in [2.45, 2.75) is 46.6 Å². The van der Waals surface area contributed by atoms with Crippen LogP contribution >= 0.6 is 0 Å². The van der Waals surface area contributed by atoms with Crippen molar-refractivity contribution in [1.29, 1.82) is 0 Å². The first-order chi connectivity index (χ1) is 6.79. The molecule has 1 rings (SSSR count). The predicted molar refractivity (Wildman–Crippen MR) is 64.1 cm³/mol. The molecule has 0 spiro atoms. The summed E-state index contributed by atoms with van der Waals surface area (Å²) >= 11 is 0. The van der Waals surface area contributed by atoms with Gasteiger partial charge in [-0.1, -0.05) is 32.9 Å². The van der Waals surface area contributed by atoms with Gasteiger partial charge in [0, 0.05) is 0 Å². The van der Waals surface area contributed by atoms with Gasteiger partial charge in [-0.25, -0.2) is 0 Å². The molecule has 0 saturated carbocycles. The molecule has 0 aliphatic heterocycles. The Morgan fingerprint density at radius 3 is 2.07 bits per heavy atom. The largest absolute Gasteiger partial charge is 0.488 e. The third kappa shape index (κ3) is 4.87. The van der Waals surface area contributed by atoms with Gasteiger partial charge in [0.15, 0.2) is 0 Å². The lowest BCUT2D eigenvalue weighted by molar-refractivity contribution is 0.0622. The molecule has 0 aliphatic carbocycles. The van der Waals surface area contributed by atoms with Crippen LogP contribution in [-0.4, -0.2) is 5.60 Å². The molecule has 0 amide bonds. The lowest BCUT2D eigenvalue weighted by atomic mass is 9.83. The van der Waals surface area contributed by atoms with E-state index in [-0.39, 0.29) is 11.0 Å². The van der Waals surface area contributed by atoms with Crippen LogP contribution in [0.25, 0.3) is 0 Å². The maximum absolute atomic E-state index is 5.96. The van der Waals surface area contributed by atoms with Gasteiger partial charge >= 0.3 is 0 Å². The zero-order valence-corrected chi connectivity index (χ0v) is 10.4. The van der Waals surface area contributed by atoms with Gasteiger partial charge in [0.05, 0.1) is 0 Å². The summed E-state index contributed by atoms with van der Waals surface area (Å²) in [4.78, 5) is 0. The summed E-state index contributed by atoms with van der Waals surface area (Å²) in [6.07, 6.45) is 1.03. The van der Waals surface area contributed by atoms with Gasteiger partial charge in [-0.05, 0) is 43.9 Å². The smallest absolute Gasteiger partial charge is 0.120 e. The van der Waals surface area contributed by atoms with E-state index >= 15 is 0 Å². The second-order valence-electron chi connectivity index (χ2n) is 5.83. The van der Waals surface area contributed by atoms with Gasteiger partial charge in [-0.3, -0.25) is 0 Å². The van der Waals surface area contributed by atoms with Crippen molar-refractivity contribution in [3.63, 3.8) is 0 Å². The fraction of sp³-hybridized carbons (Fsp3) is 0.571. The Morgan fingerprint density at radius 2 is 1.60 bits per heavy atom. The van der Waals surface area contributed by atoms with Crippen molar-refractivity contribution < 1.29 is 4.74 Å². The fourth-order valence-electron chi connectivity index (χ4n) is 2.07. The highest BCUT2D eigenvalue weighted by atomic mass is 16.5. The summed E-state index contributed by atoms with van der Waals surface area (Å²) in [7, 11) is 0. The zero-order chi connectivity index (χ0) is 11.5. The third-order valence-corrected chi connectivity index (χ3v) is 2.04. The molecule has 1 aromatic carbocycles. The van der Waals surface area contributed by atoms with Crippen LogP contribution < -0.4 is 4.74 Å². The van der Waals surface area contributed by atoms with E-state index in [9.17, 15) is 0 Å². The lowest BCUT2D eigenvalue weighted by Gasteiger charge is -2.33. The highest BCUT2D eigenvalue weighted by molar-refractivity contribution is 5.21. The molecular formula is C14H21O. The number of benzene rings is 1. The fourth-order valence-corrected chi connectivity index (χ4v) is 2.07. The van der Waals surface area contributed by atoms with Crippen molar-refractivity contribution in [3.05, 3.63) is 30.3 Å². The van der Waals surface area contributed by atoms with Crippen molar-refractivity contribution in [3.8, 4) is 5.75 Å². The summed E-state index contributed by atoms with van der Waals surface area (Å²) in [6, 6.07) is 10.6. The average molecular weight is 205 g/mol. The zero-order valence-electron chi connectivity index (χ0n) is 10.4. The monoisotopic (exact) mass is 205 g/mol. The van der Waals surface area contributed by atoms with E-state index in [0.717, 1.165) is 12.2 Å². The molecule has 15 heavy (non-hydrogen) atoms. The molecule has 0 N–H and O–H groups in total. The number of hydrogen-bond acceptors (Lipinski definition) is 1. The summed E-state index contributed by atoms with van der Waals surface area (Å²) in [5, 5.41) is 0. The van der Waals surface area contributed by atoms with E-state index in [1.807, 2.05) is 24.3 Å². The van der Waals surface area contributed by atoms with Crippen molar-refractivity contribution >= 4 is 0 Å². The third-order valence-electron chi connectivity index (χ3n) is 2.04. The normalized spacial score (nSPS) is 12.6. The molecule has 1 aromatic rings. The Morgan fingerprint density at radius 1 is 1.07 bits per heavy atom. The van der Waals surface area contributed by atoms with Crippen LogP contribution in [0, 0.1) is 11.5 Å². The second kappa shape index (κ2) is 4.26. The quantitative estimate of drug-likeness (QED) is 0.722. The van der Waals surface area contributed by atoms with Gasteiger partial charge < -0.3 is 4.74 Å². The Labute approximate surface area is 93.5 Å². The Balaban J connectivity index is 2.65. The topological polar surface area (TPSA) is 9.23 Å². The van der Waals surface area contributed by atoms with Gasteiger partial charge in [0.2, 0.25) is 0 Å². The van der Waals surface area contributed by atoms with Crippen LogP contribution in [0.4, 0.5) is 0 Å². The Bertz CT molecular complexity index is 293. The van der Waals surface area contributed by atoms with Crippen LogP contribution in [-0.2, 0) is 0 Å². The highest BCUT2D eigenvalue weighted by Crippen LogP contribution is 2.30. The van der Waals surface area contributed by atoms with Crippen molar-refractivity contribution in [1.82, 2.24) is 0 Å². The van der Waals surface area contributed by atoms with Gasteiger partial charge in [0.1, 0.15) is 11.4 Å².